The SMILES string of the molecule is CCCCCCCCCCCCCCCCCC(=O)OCCCC(=O)c1ccc(OC)cc1. The zero-order valence-corrected chi connectivity index (χ0v) is 21.4. The number of ketones is 1. The van der Waals surface area contributed by atoms with Crippen LogP contribution in [0.25, 0.3) is 0 Å². The maximum atomic E-state index is 12.1. The molecule has 0 N–H and O–H groups in total. The van der Waals surface area contributed by atoms with Gasteiger partial charge in [-0.3, -0.25) is 9.59 Å². The van der Waals surface area contributed by atoms with E-state index in [-0.39, 0.29) is 11.8 Å². The van der Waals surface area contributed by atoms with Gasteiger partial charge < -0.3 is 9.47 Å². The minimum absolute atomic E-state index is 0.0658. The number of unbranched alkanes of at least 4 members (excludes halogenated alkanes) is 14. The monoisotopic (exact) mass is 460 g/mol. The molecule has 0 heterocycles. The summed E-state index contributed by atoms with van der Waals surface area (Å²) in [6.07, 6.45) is 21.2. The summed E-state index contributed by atoms with van der Waals surface area (Å²) >= 11 is 0. The lowest BCUT2D eigenvalue weighted by molar-refractivity contribution is -0.143. The van der Waals surface area contributed by atoms with Crippen molar-refractivity contribution < 1.29 is 19.1 Å². The third-order valence-electron chi connectivity index (χ3n) is 6.21. The lowest BCUT2D eigenvalue weighted by atomic mass is 10.0. The Bertz CT molecular complexity index is 609. The van der Waals surface area contributed by atoms with Gasteiger partial charge in [-0.05, 0) is 37.1 Å². The van der Waals surface area contributed by atoms with Crippen LogP contribution in [0.4, 0.5) is 0 Å². The van der Waals surface area contributed by atoms with E-state index in [1.54, 1.807) is 31.4 Å². The van der Waals surface area contributed by atoms with E-state index in [2.05, 4.69) is 6.92 Å². The molecule has 0 atom stereocenters. The molecule has 0 fully saturated rings. The Balaban J connectivity index is 1.85. The topological polar surface area (TPSA) is 52.6 Å². The van der Waals surface area contributed by atoms with Crippen LogP contribution in [0.5, 0.6) is 5.75 Å². The molecule has 1 aromatic rings. The van der Waals surface area contributed by atoms with Gasteiger partial charge in [-0.15, -0.1) is 0 Å². The van der Waals surface area contributed by atoms with Crippen molar-refractivity contribution in [3.8, 4) is 5.75 Å². The number of rotatable bonds is 22. The molecule has 1 aromatic carbocycles. The van der Waals surface area contributed by atoms with E-state index in [0.717, 1.165) is 18.6 Å². The Morgan fingerprint density at radius 2 is 1.12 bits per heavy atom. The largest absolute Gasteiger partial charge is 0.497 e. The first kappa shape index (κ1) is 29.2. The minimum Gasteiger partial charge on any atom is -0.497 e. The van der Waals surface area contributed by atoms with E-state index in [1.807, 2.05) is 0 Å². The summed E-state index contributed by atoms with van der Waals surface area (Å²) in [4.78, 5) is 24.0. The van der Waals surface area contributed by atoms with Crippen molar-refractivity contribution in [1.82, 2.24) is 0 Å². The molecule has 0 aromatic heterocycles. The number of Topliss-reactive ketones (excluding diaryl/α,β-unsaturated/α-hetero) is 1. The molecule has 188 valence electrons. The van der Waals surface area contributed by atoms with Gasteiger partial charge in [-0.25, -0.2) is 0 Å². The molecule has 33 heavy (non-hydrogen) atoms. The van der Waals surface area contributed by atoms with Crippen molar-refractivity contribution in [3.05, 3.63) is 29.8 Å². The van der Waals surface area contributed by atoms with Crippen molar-refractivity contribution in [3.63, 3.8) is 0 Å². The van der Waals surface area contributed by atoms with Crippen LogP contribution >= 0.6 is 0 Å². The lowest BCUT2D eigenvalue weighted by Gasteiger charge is -2.06. The summed E-state index contributed by atoms with van der Waals surface area (Å²) in [5.41, 5.74) is 0.667. The Labute approximate surface area is 202 Å². The first-order valence-corrected chi connectivity index (χ1v) is 13.5. The third-order valence-corrected chi connectivity index (χ3v) is 6.21. The standard InChI is InChI=1S/C29H48O4/c1-3-4-5-6-7-8-9-10-11-12-13-14-15-16-17-20-29(31)33-25-18-19-28(30)26-21-23-27(32-2)24-22-26/h21-24H,3-20,25H2,1-2H3. The summed E-state index contributed by atoms with van der Waals surface area (Å²) in [5, 5.41) is 0. The zero-order valence-electron chi connectivity index (χ0n) is 21.4. The zero-order chi connectivity index (χ0) is 24.0. The van der Waals surface area contributed by atoms with Gasteiger partial charge in [-0.1, -0.05) is 96.8 Å². The van der Waals surface area contributed by atoms with Crippen molar-refractivity contribution in [2.75, 3.05) is 13.7 Å². The molecule has 0 aliphatic carbocycles. The van der Waals surface area contributed by atoms with Gasteiger partial charge in [0.25, 0.3) is 0 Å². The highest BCUT2D eigenvalue weighted by molar-refractivity contribution is 5.96. The number of hydrogen-bond acceptors (Lipinski definition) is 4. The maximum Gasteiger partial charge on any atom is 0.305 e. The second kappa shape index (κ2) is 20.7. The summed E-state index contributed by atoms with van der Waals surface area (Å²) in [7, 11) is 1.60. The molecule has 4 heteroatoms. The molecule has 0 aliphatic heterocycles. The second-order valence-electron chi connectivity index (χ2n) is 9.18. The van der Waals surface area contributed by atoms with Crippen LogP contribution in [0, 0.1) is 0 Å². The molecular formula is C29H48O4. The van der Waals surface area contributed by atoms with Gasteiger partial charge >= 0.3 is 5.97 Å². The summed E-state index contributed by atoms with van der Waals surface area (Å²) in [6, 6.07) is 7.10. The van der Waals surface area contributed by atoms with E-state index in [1.165, 1.54) is 83.5 Å². The number of benzene rings is 1. The first-order valence-electron chi connectivity index (χ1n) is 13.5. The van der Waals surface area contributed by atoms with Crippen molar-refractivity contribution in [2.24, 2.45) is 0 Å². The van der Waals surface area contributed by atoms with Crippen LogP contribution in [-0.2, 0) is 9.53 Å². The predicted octanol–water partition coefficient (Wildman–Crippen LogP) is 8.46. The van der Waals surface area contributed by atoms with Crippen LogP contribution in [0.15, 0.2) is 24.3 Å². The Morgan fingerprint density at radius 1 is 0.636 bits per heavy atom. The van der Waals surface area contributed by atoms with Crippen molar-refractivity contribution >= 4 is 11.8 Å². The molecule has 0 aliphatic rings. The molecule has 4 nitrogen and oxygen atoms in total. The molecule has 0 saturated heterocycles. The molecule has 0 radical (unpaired) electrons. The van der Waals surface area contributed by atoms with Gasteiger partial charge in [0.1, 0.15) is 5.75 Å². The number of esters is 1. The molecule has 0 amide bonds. The number of hydrogen-bond donors (Lipinski definition) is 0. The van der Waals surface area contributed by atoms with Gasteiger partial charge in [0.05, 0.1) is 13.7 Å². The quantitative estimate of drug-likeness (QED) is 0.0989. The maximum absolute atomic E-state index is 12.1. The van der Waals surface area contributed by atoms with Crippen molar-refractivity contribution in [2.45, 2.75) is 122 Å². The Morgan fingerprint density at radius 3 is 1.61 bits per heavy atom. The Kier molecular flexibility index (Phi) is 18.4. The van der Waals surface area contributed by atoms with Gasteiger partial charge in [-0.2, -0.15) is 0 Å². The number of carbonyl (C=O) groups excluding carboxylic acids is 2. The Hall–Kier alpha value is -1.84. The smallest absolute Gasteiger partial charge is 0.305 e. The van der Waals surface area contributed by atoms with E-state index in [4.69, 9.17) is 9.47 Å². The summed E-state index contributed by atoms with van der Waals surface area (Å²) in [6.45, 7) is 2.59. The average Bonchev–Trinajstić information content (AvgIpc) is 2.84. The van der Waals surface area contributed by atoms with Crippen LogP contribution in [-0.4, -0.2) is 25.5 Å². The highest BCUT2D eigenvalue weighted by Gasteiger charge is 2.07. The third kappa shape index (κ3) is 16.4. The summed E-state index contributed by atoms with van der Waals surface area (Å²) in [5.74, 6) is 0.664. The number of ether oxygens (including phenoxy) is 2. The second-order valence-corrected chi connectivity index (χ2v) is 9.18. The van der Waals surface area contributed by atoms with Gasteiger partial charge in [0.15, 0.2) is 5.78 Å². The van der Waals surface area contributed by atoms with E-state index in [0.29, 0.717) is 31.4 Å². The van der Waals surface area contributed by atoms with E-state index >= 15 is 0 Å². The first-order chi connectivity index (χ1) is 16.2. The molecular weight excluding hydrogens is 412 g/mol. The van der Waals surface area contributed by atoms with Crippen LogP contribution in [0.2, 0.25) is 0 Å². The molecule has 0 spiro atoms. The summed E-state index contributed by atoms with van der Waals surface area (Å²) < 4.78 is 10.4. The fraction of sp³-hybridized carbons (Fsp3) is 0.724. The molecule has 0 bridgehead atoms. The molecule has 1 rings (SSSR count). The van der Waals surface area contributed by atoms with E-state index in [9.17, 15) is 9.59 Å². The average molecular weight is 461 g/mol. The number of carbonyl (C=O) groups is 2. The van der Waals surface area contributed by atoms with Crippen LogP contribution < -0.4 is 4.74 Å². The predicted molar refractivity (Wildman–Crippen MR) is 137 cm³/mol. The van der Waals surface area contributed by atoms with Crippen LogP contribution in [0.3, 0.4) is 0 Å². The van der Waals surface area contributed by atoms with Gasteiger partial charge in [0, 0.05) is 18.4 Å². The fourth-order valence-electron chi connectivity index (χ4n) is 4.05. The fourth-order valence-corrected chi connectivity index (χ4v) is 4.05. The molecule has 0 unspecified atom stereocenters. The highest BCUT2D eigenvalue weighted by atomic mass is 16.5. The number of methoxy groups -OCH3 is 1. The van der Waals surface area contributed by atoms with Crippen LogP contribution in [0.1, 0.15) is 133 Å². The lowest BCUT2D eigenvalue weighted by Crippen LogP contribution is -2.07. The van der Waals surface area contributed by atoms with E-state index < -0.39 is 0 Å². The normalized spacial score (nSPS) is 10.8. The van der Waals surface area contributed by atoms with Gasteiger partial charge in [0.2, 0.25) is 0 Å². The molecule has 0 saturated carbocycles. The minimum atomic E-state index is -0.137. The van der Waals surface area contributed by atoms with Crippen molar-refractivity contribution in [1.29, 1.82) is 0 Å². The highest BCUT2D eigenvalue weighted by Crippen LogP contribution is 2.15.